The first-order valence-electron chi connectivity index (χ1n) is 18.9. The molecule has 0 spiro atoms. The molecule has 0 aliphatic rings. The van der Waals surface area contributed by atoms with Crippen molar-refractivity contribution < 1.29 is 18.9 Å². The molecule has 0 bridgehead atoms. The zero-order valence-corrected chi connectivity index (χ0v) is 32.8. The van der Waals surface area contributed by atoms with Crippen molar-refractivity contribution in [1.82, 2.24) is 4.90 Å². The third-order valence-corrected chi connectivity index (χ3v) is 8.40. The summed E-state index contributed by atoms with van der Waals surface area (Å²) >= 11 is 0. The molecule has 50 heavy (non-hydrogen) atoms. The molecule has 0 saturated heterocycles. The van der Waals surface area contributed by atoms with Gasteiger partial charge in [0.1, 0.15) is 29.3 Å². The molecule has 0 fully saturated rings. The molecule has 0 unspecified atom stereocenters. The molecular weight excluding hydrogens is 620 g/mol. The van der Waals surface area contributed by atoms with Gasteiger partial charge in [0.05, 0.1) is 6.61 Å². The Morgan fingerprint density at radius 3 is 1.86 bits per heavy atom. The van der Waals surface area contributed by atoms with Gasteiger partial charge in [-0.15, -0.1) is 0 Å². The van der Waals surface area contributed by atoms with Gasteiger partial charge in [-0.1, -0.05) is 79.9 Å². The maximum absolute atomic E-state index is 6.54. The van der Waals surface area contributed by atoms with Gasteiger partial charge in [0.15, 0.2) is 0 Å². The highest BCUT2D eigenvalue weighted by atomic mass is 16.7. The van der Waals surface area contributed by atoms with Crippen molar-refractivity contribution in [2.75, 3.05) is 19.7 Å². The third kappa shape index (κ3) is 15.6. The number of ether oxygens (including phenoxy) is 4. The quantitative estimate of drug-likeness (QED) is 0.0714. The lowest BCUT2D eigenvalue weighted by Gasteiger charge is -2.32. The Morgan fingerprint density at radius 2 is 1.26 bits per heavy atom. The van der Waals surface area contributed by atoms with Crippen LogP contribution in [0.5, 0.6) is 11.5 Å². The summed E-state index contributed by atoms with van der Waals surface area (Å²) in [6, 6.07) is 28.6. The molecule has 0 saturated carbocycles. The predicted molar refractivity (Wildman–Crippen MR) is 210 cm³/mol. The number of hydrogen-bond acceptors (Lipinski definition) is 6. The Hall–Kier alpha value is -3.51. The first kappa shape index (κ1) is 40.9. The van der Waals surface area contributed by atoms with E-state index < -0.39 is 0 Å². The molecule has 0 heterocycles. The number of hydrogen-bond donors (Lipinski definition) is 0. The van der Waals surface area contributed by atoms with E-state index in [9.17, 15) is 0 Å². The van der Waals surface area contributed by atoms with E-state index in [2.05, 4.69) is 110 Å². The summed E-state index contributed by atoms with van der Waals surface area (Å²) in [5.41, 5.74) is 2.96. The van der Waals surface area contributed by atoms with Crippen LogP contribution in [-0.2, 0) is 16.1 Å². The van der Waals surface area contributed by atoms with Gasteiger partial charge in [-0.25, -0.2) is 4.99 Å². The van der Waals surface area contributed by atoms with Gasteiger partial charge in [0, 0.05) is 30.1 Å². The largest absolute Gasteiger partial charge is 0.494 e. The summed E-state index contributed by atoms with van der Waals surface area (Å²) in [6.45, 7) is 24.2. The predicted octanol–water partition coefficient (Wildman–Crippen LogP) is 11.2. The molecule has 3 aromatic rings. The fraction of sp³-hybridized carbons (Fsp3) is 0.568. The molecule has 0 amide bonds. The summed E-state index contributed by atoms with van der Waals surface area (Å²) in [7, 11) is 0. The average molecular weight is 687 g/mol. The van der Waals surface area contributed by atoms with E-state index in [1.54, 1.807) is 0 Å². The SMILES string of the molecule is CC(C)N(CC[C@H](c1ccccc1)c1cc(OCCCCCCCN=C(OC(C)(C)C)OC(C)(C)C)ccc1OCc1ccccc1)C(C)C. The van der Waals surface area contributed by atoms with Crippen molar-refractivity contribution in [2.24, 2.45) is 4.99 Å². The van der Waals surface area contributed by atoms with Gasteiger partial charge in [-0.05, 0) is 124 Å². The average Bonchev–Trinajstić information content (AvgIpc) is 3.04. The minimum absolute atomic E-state index is 0.177. The number of nitrogens with zero attached hydrogens (tertiary/aromatic N) is 2. The van der Waals surface area contributed by atoms with Crippen molar-refractivity contribution in [2.45, 2.75) is 144 Å². The Labute approximate surface area is 304 Å². The van der Waals surface area contributed by atoms with Gasteiger partial charge < -0.3 is 18.9 Å². The van der Waals surface area contributed by atoms with E-state index in [4.69, 9.17) is 18.9 Å². The van der Waals surface area contributed by atoms with Crippen LogP contribution >= 0.6 is 0 Å². The summed E-state index contributed by atoms with van der Waals surface area (Å²) in [5.74, 6) is 2.00. The van der Waals surface area contributed by atoms with Gasteiger partial charge in [-0.3, -0.25) is 4.90 Å². The van der Waals surface area contributed by atoms with E-state index in [0.29, 0.717) is 37.9 Å². The van der Waals surface area contributed by atoms with Crippen molar-refractivity contribution >= 4 is 6.08 Å². The van der Waals surface area contributed by atoms with Gasteiger partial charge in [0.2, 0.25) is 0 Å². The highest BCUT2D eigenvalue weighted by Gasteiger charge is 2.24. The molecule has 1 atom stereocenters. The Balaban J connectivity index is 1.65. The number of benzene rings is 3. The standard InChI is InChI=1S/C44H66N2O4/c1-34(2)46(35(3)4)30-28-39(37-24-18-15-19-25-37)40-32-38(26-27-41(40)48-33-36-22-16-14-17-23-36)47-31-21-13-11-12-20-29-45-42(49-43(5,6)7)50-44(8,9)10/h14-19,22-27,32,34-35,39H,11-13,20-21,28-31,33H2,1-10H3/t39-/m1/s1. The lowest BCUT2D eigenvalue weighted by atomic mass is 9.87. The molecule has 0 aromatic heterocycles. The zero-order chi connectivity index (χ0) is 36.6. The minimum atomic E-state index is -0.342. The van der Waals surface area contributed by atoms with Crippen LogP contribution in [0.4, 0.5) is 0 Å². The van der Waals surface area contributed by atoms with Gasteiger partial charge in [0.25, 0.3) is 0 Å². The molecule has 276 valence electrons. The van der Waals surface area contributed by atoms with Crippen LogP contribution in [0.1, 0.15) is 130 Å². The monoisotopic (exact) mass is 687 g/mol. The molecule has 6 nitrogen and oxygen atoms in total. The second kappa shape index (κ2) is 20.4. The molecule has 0 aliphatic carbocycles. The third-order valence-electron chi connectivity index (χ3n) is 8.40. The lowest BCUT2D eigenvalue weighted by Crippen LogP contribution is -2.38. The van der Waals surface area contributed by atoms with E-state index in [-0.39, 0.29) is 17.1 Å². The first-order chi connectivity index (χ1) is 23.7. The normalized spacial score (nSPS) is 12.7. The van der Waals surface area contributed by atoms with Crippen molar-refractivity contribution in [3.8, 4) is 11.5 Å². The van der Waals surface area contributed by atoms with Crippen molar-refractivity contribution in [3.05, 3.63) is 95.6 Å². The van der Waals surface area contributed by atoms with Crippen LogP contribution < -0.4 is 9.47 Å². The maximum Gasteiger partial charge on any atom is 0.384 e. The Kier molecular flexibility index (Phi) is 16.7. The molecule has 0 N–H and O–H groups in total. The second-order valence-corrected chi connectivity index (χ2v) is 15.8. The van der Waals surface area contributed by atoms with Crippen molar-refractivity contribution in [1.29, 1.82) is 0 Å². The topological polar surface area (TPSA) is 52.5 Å². The van der Waals surface area contributed by atoms with Crippen LogP contribution in [0.3, 0.4) is 0 Å². The maximum atomic E-state index is 6.54. The first-order valence-corrected chi connectivity index (χ1v) is 18.9. The number of unbranched alkanes of at least 4 members (excludes halogenated alkanes) is 4. The molecule has 6 heteroatoms. The molecular formula is C44H66N2O4. The molecule has 0 aliphatic heterocycles. The van der Waals surface area contributed by atoms with E-state index >= 15 is 0 Å². The van der Waals surface area contributed by atoms with Crippen molar-refractivity contribution in [3.63, 3.8) is 0 Å². The summed E-state index contributed by atoms with van der Waals surface area (Å²) in [5, 5.41) is 0. The highest BCUT2D eigenvalue weighted by molar-refractivity contribution is 5.67. The summed E-state index contributed by atoms with van der Waals surface area (Å²) in [6.07, 6.45) is 6.77. The fourth-order valence-electron chi connectivity index (χ4n) is 6.05. The van der Waals surface area contributed by atoms with Gasteiger partial charge >= 0.3 is 6.08 Å². The molecule has 0 radical (unpaired) electrons. The summed E-state index contributed by atoms with van der Waals surface area (Å²) < 4.78 is 24.8. The number of aliphatic imine (C=N–C) groups is 1. The van der Waals surface area contributed by atoms with E-state index in [1.807, 2.05) is 47.6 Å². The van der Waals surface area contributed by atoms with Crippen LogP contribution in [0.15, 0.2) is 83.9 Å². The Bertz CT molecular complexity index is 1370. The Morgan fingerprint density at radius 1 is 0.680 bits per heavy atom. The van der Waals surface area contributed by atoms with Crippen LogP contribution in [0.2, 0.25) is 0 Å². The molecule has 3 aromatic carbocycles. The van der Waals surface area contributed by atoms with E-state index in [0.717, 1.165) is 62.1 Å². The van der Waals surface area contributed by atoms with E-state index in [1.165, 1.54) is 11.1 Å². The van der Waals surface area contributed by atoms with Crippen LogP contribution in [-0.4, -0.2) is 54.0 Å². The van der Waals surface area contributed by atoms with Gasteiger partial charge in [-0.2, -0.15) is 0 Å². The summed E-state index contributed by atoms with van der Waals surface area (Å²) in [4.78, 5) is 7.20. The number of rotatable bonds is 19. The smallest absolute Gasteiger partial charge is 0.384 e. The highest BCUT2D eigenvalue weighted by Crippen LogP contribution is 2.38. The lowest BCUT2D eigenvalue weighted by molar-refractivity contribution is 0.00877. The molecule has 3 rings (SSSR count). The van der Waals surface area contributed by atoms with Crippen LogP contribution in [0, 0.1) is 0 Å². The fourth-order valence-corrected chi connectivity index (χ4v) is 6.05. The van der Waals surface area contributed by atoms with Crippen LogP contribution in [0.25, 0.3) is 0 Å². The second-order valence-electron chi connectivity index (χ2n) is 15.8. The minimum Gasteiger partial charge on any atom is -0.494 e. The zero-order valence-electron chi connectivity index (χ0n) is 32.8.